The normalized spacial score (nSPS) is 13.5. The maximum absolute atomic E-state index is 12.5. The second-order valence-corrected chi connectivity index (χ2v) is 7.75. The summed E-state index contributed by atoms with van der Waals surface area (Å²) in [7, 11) is 0. The highest BCUT2D eigenvalue weighted by Gasteiger charge is 2.30. The average Bonchev–Trinajstić information content (AvgIpc) is 2.69. The van der Waals surface area contributed by atoms with Gasteiger partial charge in [0.1, 0.15) is 0 Å². The Kier molecular flexibility index (Phi) is 4.91. The smallest absolute Gasteiger partial charge is 0.271 e. The van der Waals surface area contributed by atoms with Crippen molar-refractivity contribution in [3.63, 3.8) is 0 Å². The fourth-order valence-electron chi connectivity index (χ4n) is 1.78. The fraction of sp³-hybridized carbons (Fsp3) is 0.167. The summed E-state index contributed by atoms with van der Waals surface area (Å²) < 4.78 is 39.4. The van der Waals surface area contributed by atoms with Crippen molar-refractivity contribution in [2.45, 2.75) is 12.2 Å². The largest absolute Gasteiger partial charge is 0.416 e. The van der Waals surface area contributed by atoms with Crippen molar-refractivity contribution < 1.29 is 13.2 Å². The third-order valence-corrected chi connectivity index (χ3v) is 5.12. The molecule has 0 radical (unpaired) electrons. The molecule has 20 heavy (non-hydrogen) atoms. The molecule has 8 heteroatoms. The lowest BCUT2D eigenvalue weighted by molar-refractivity contribution is -0.137. The van der Waals surface area contributed by atoms with Gasteiger partial charge in [-0.1, -0.05) is 12.1 Å². The van der Waals surface area contributed by atoms with Crippen LogP contribution >= 0.6 is 43.2 Å². The van der Waals surface area contributed by atoms with Crippen molar-refractivity contribution in [2.75, 3.05) is 0 Å². The molecule has 1 aromatic carbocycles. The predicted molar refractivity (Wildman–Crippen MR) is 80.3 cm³/mol. The number of nitrogens with one attached hydrogen (secondary N) is 1. The predicted octanol–water partition coefficient (Wildman–Crippen LogP) is 4.84. The molecule has 1 heterocycles. The number of hydrazine groups is 1. The molecule has 0 spiro atoms. The molecule has 0 amide bonds. The minimum atomic E-state index is -4.34. The molecule has 2 aromatic rings. The molecule has 108 valence electrons. The van der Waals surface area contributed by atoms with E-state index in [1.165, 1.54) is 23.5 Å². The first-order valence-corrected chi connectivity index (χ1v) is 7.81. The lowest BCUT2D eigenvalue weighted by Gasteiger charge is -2.17. The number of alkyl halides is 3. The molecule has 1 unspecified atom stereocenters. The van der Waals surface area contributed by atoms with Crippen LogP contribution in [0, 0.1) is 0 Å². The lowest BCUT2D eigenvalue weighted by atomic mass is 10.0. The van der Waals surface area contributed by atoms with E-state index in [4.69, 9.17) is 5.84 Å². The summed E-state index contributed by atoms with van der Waals surface area (Å²) in [5.41, 5.74) is 3.47. The van der Waals surface area contributed by atoms with Crippen molar-refractivity contribution in [3.05, 3.63) is 54.6 Å². The zero-order chi connectivity index (χ0) is 14.9. The van der Waals surface area contributed by atoms with Crippen LogP contribution in [0.4, 0.5) is 13.2 Å². The Morgan fingerprint density at radius 2 is 1.75 bits per heavy atom. The van der Waals surface area contributed by atoms with Gasteiger partial charge in [0, 0.05) is 5.56 Å². The molecule has 0 saturated carbocycles. The van der Waals surface area contributed by atoms with E-state index < -0.39 is 11.7 Å². The summed E-state index contributed by atoms with van der Waals surface area (Å²) in [5.74, 6) is 5.54. The third-order valence-electron chi connectivity index (χ3n) is 2.73. The molecule has 0 aliphatic carbocycles. The number of nitrogens with two attached hydrogens (primary N) is 1. The van der Waals surface area contributed by atoms with Crippen LogP contribution < -0.4 is 11.3 Å². The summed E-state index contributed by atoms with van der Waals surface area (Å²) in [5, 5.41) is 0. The van der Waals surface area contributed by atoms with Crippen molar-refractivity contribution >= 4 is 43.2 Å². The van der Waals surface area contributed by atoms with Gasteiger partial charge in [0.25, 0.3) is 0 Å². The van der Waals surface area contributed by atoms with Crippen LogP contribution in [0.25, 0.3) is 0 Å². The summed E-state index contributed by atoms with van der Waals surface area (Å²) in [4.78, 5) is 0. The van der Waals surface area contributed by atoms with E-state index >= 15 is 0 Å². The molecule has 1 atom stereocenters. The van der Waals surface area contributed by atoms with E-state index in [2.05, 4.69) is 37.3 Å². The number of rotatable bonds is 3. The summed E-state index contributed by atoms with van der Waals surface area (Å²) in [6, 6.07) is 6.44. The van der Waals surface area contributed by atoms with E-state index in [1.54, 1.807) is 0 Å². The highest BCUT2D eigenvalue weighted by Crippen LogP contribution is 2.38. The van der Waals surface area contributed by atoms with Gasteiger partial charge in [-0.3, -0.25) is 5.84 Å². The van der Waals surface area contributed by atoms with Crippen LogP contribution in [0.5, 0.6) is 0 Å². The SMILES string of the molecule is NNC(c1ccc(C(F)(F)F)cc1)c1cc(Br)sc1Br. The first kappa shape index (κ1) is 16.0. The van der Waals surface area contributed by atoms with Crippen LogP contribution in [-0.2, 0) is 6.18 Å². The second-order valence-electron chi connectivity index (χ2n) is 4.00. The molecular formula is C12H9Br2F3N2S. The van der Waals surface area contributed by atoms with Crippen LogP contribution in [0.2, 0.25) is 0 Å². The second kappa shape index (κ2) is 6.15. The Hall–Kier alpha value is -0.410. The van der Waals surface area contributed by atoms with E-state index in [9.17, 15) is 13.2 Å². The maximum Gasteiger partial charge on any atom is 0.416 e. The van der Waals surface area contributed by atoms with Gasteiger partial charge in [-0.05, 0) is 55.6 Å². The first-order chi connectivity index (χ1) is 9.32. The fourth-order valence-corrected chi connectivity index (χ4v) is 4.68. The highest BCUT2D eigenvalue weighted by molar-refractivity contribution is 9.12. The molecular weight excluding hydrogens is 421 g/mol. The maximum atomic E-state index is 12.5. The molecule has 0 aliphatic rings. The molecule has 2 nitrogen and oxygen atoms in total. The van der Waals surface area contributed by atoms with E-state index in [-0.39, 0.29) is 6.04 Å². The van der Waals surface area contributed by atoms with E-state index in [0.29, 0.717) is 5.56 Å². The number of benzene rings is 1. The Labute approximate surface area is 134 Å². The van der Waals surface area contributed by atoms with Crippen LogP contribution in [0.3, 0.4) is 0 Å². The average molecular weight is 430 g/mol. The molecule has 0 bridgehead atoms. The van der Waals surface area contributed by atoms with E-state index in [0.717, 1.165) is 25.3 Å². The Balaban J connectivity index is 2.35. The van der Waals surface area contributed by atoms with Crippen molar-refractivity contribution in [1.29, 1.82) is 0 Å². The van der Waals surface area contributed by atoms with Gasteiger partial charge in [-0.25, -0.2) is 5.43 Å². The zero-order valence-corrected chi connectivity index (χ0v) is 13.8. The number of halogens is 5. The van der Waals surface area contributed by atoms with Gasteiger partial charge >= 0.3 is 6.18 Å². The van der Waals surface area contributed by atoms with E-state index in [1.807, 2.05) is 6.07 Å². The Morgan fingerprint density at radius 1 is 1.15 bits per heavy atom. The minimum absolute atomic E-state index is 0.380. The highest BCUT2D eigenvalue weighted by atomic mass is 79.9. The topological polar surface area (TPSA) is 38.0 Å². The zero-order valence-electron chi connectivity index (χ0n) is 9.84. The molecule has 1 aromatic heterocycles. The van der Waals surface area contributed by atoms with Gasteiger partial charge < -0.3 is 0 Å². The Bertz CT molecular complexity index is 596. The Morgan fingerprint density at radius 3 is 2.15 bits per heavy atom. The molecule has 0 saturated heterocycles. The van der Waals surface area contributed by atoms with Crippen molar-refractivity contribution in [1.82, 2.24) is 5.43 Å². The van der Waals surface area contributed by atoms with Crippen molar-refractivity contribution in [3.8, 4) is 0 Å². The standard InChI is InChI=1S/C12H9Br2F3N2S/c13-9-5-8(11(14)20-9)10(19-18)6-1-3-7(4-2-6)12(15,16)17/h1-5,10,19H,18H2. The molecule has 0 aliphatic heterocycles. The lowest BCUT2D eigenvalue weighted by Crippen LogP contribution is -2.28. The van der Waals surface area contributed by atoms with Gasteiger partial charge in [0.2, 0.25) is 0 Å². The van der Waals surface area contributed by atoms with Crippen LogP contribution in [0.1, 0.15) is 22.7 Å². The van der Waals surface area contributed by atoms with Crippen LogP contribution in [-0.4, -0.2) is 0 Å². The first-order valence-electron chi connectivity index (χ1n) is 5.41. The summed E-state index contributed by atoms with van der Waals surface area (Å²) in [6.45, 7) is 0. The minimum Gasteiger partial charge on any atom is -0.271 e. The van der Waals surface area contributed by atoms with Gasteiger partial charge in [0.15, 0.2) is 0 Å². The molecule has 2 rings (SSSR count). The number of hydrogen-bond donors (Lipinski definition) is 2. The van der Waals surface area contributed by atoms with Gasteiger partial charge in [-0.2, -0.15) is 13.2 Å². The third kappa shape index (κ3) is 3.43. The molecule has 0 fully saturated rings. The van der Waals surface area contributed by atoms with Gasteiger partial charge in [-0.15, -0.1) is 11.3 Å². The summed E-state index contributed by atoms with van der Waals surface area (Å²) >= 11 is 8.25. The summed E-state index contributed by atoms with van der Waals surface area (Å²) in [6.07, 6.45) is -4.34. The molecule has 3 N–H and O–H groups in total. The van der Waals surface area contributed by atoms with Gasteiger partial charge in [0.05, 0.1) is 19.2 Å². The van der Waals surface area contributed by atoms with Crippen LogP contribution in [0.15, 0.2) is 37.9 Å². The monoisotopic (exact) mass is 428 g/mol. The quantitative estimate of drug-likeness (QED) is 0.540. The number of thiophene rings is 1. The number of hydrogen-bond acceptors (Lipinski definition) is 3. The van der Waals surface area contributed by atoms with Crippen molar-refractivity contribution in [2.24, 2.45) is 5.84 Å².